The van der Waals surface area contributed by atoms with Crippen molar-refractivity contribution in [3.05, 3.63) is 23.8 Å². The zero-order chi connectivity index (χ0) is 12.0. The zero-order valence-corrected chi connectivity index (χ0v) is 11.0. The van der Waals surface area contributed by atoms with Gasteiger partial charge in [-0.15, -0.1) is 18.1 Å². The van der Waals surface area contributed by atoms with Crippen LogP contribution in [0.15, 0.2) is 18.2 Å². The molecule has 1 aromatic carbocycles. The van der Waals surface area contributed by atoms with Gasteiger partial charge in [-0.2, -0.15) is 0 Å². The molecule has 0 aliphatic rings. The summed E-state index contributed by atoms with van der Waals surface area (Å²) in [7, 11) is 3.08. The molecule has 0 aromatic heterocycles. The van der Waals surface area contributed by atoms with Crippen LogP contribution in [0.2, 0.25) is 0 Å². The van der Waals surface area contributed by atoms with Gasteiger partial charge in [-0.3, -0.25) is 0 Å². The first kappa shape index (κ1) is 13.1. The van der Waals surface area contributed by atoms with E-state index in [1.165, 1.54) is 10.8 Å². The lowest BCUT2D eigenvalue weighted by Crippen LogP contribution is -2.01. The van der Waals surface area contributed by atoms with Crippen molar-refractivity contribution in [3.8, 4) is 23.8 Å². The van der Waals surface area contributed by atoms with Crippen LogP contribution < -0.4 is 9.47 Å². The van der Waals surface area contributed by atoms with Crippen molar-refractivity contribution in [2.24, 2.45) is 0 Å². The van der Waals surface area contributed by atoms with Crippen molar-refractivity contribution >= 4 is 22.5 Å². The summed E-state index contributed by atoms with van der Waals surface area (Å²) in [5.74, 6) is 4.00. The van der Waals surface area contributed by atoms with Gasteiger partial charge in [0.2, 0.25) is 0 Å². The summed E-state index contributed by atoms with van der Waals surface area (Å²) in [6.07, 6.45) is 5.18. The maximum absolute atomic E-state index is 5.49. The molecule has 0 fully saturated rings. The molecule has 1 atom stereocenters. The fourth-order valence-electron chi connectivity index (χ4n) is 1.40. The molecular weight excluding hydrogens is 240 g/mol. The van der Waals surface area contributed by atoms with Gasteiger partial charge in [0.15, 0.2) is 0 Å². The minimum Gasteiger partial charge on any atom is -0.496 e. The Kier molecular flexibility index (Phi) is 5.44. The average molecular weight is 254 g/mol. The molecule has 86 valence electrons. The number of hydrogen-bond acceptors (Lipinski definition) is 4. The predicted molar refractivity (Wildman–Crippen MR) is 72.3 cm³/mol. The van der Waals surface area contributed by atoms with Crippen molar-refractivity contribution < 1.29 is 9.47 Å². The first-order chi connectivity index (χ1) is 7.74. The Balaban J connectivity index is 3.10. The normalized spacial score (nSPS) is 11.6. The Bertz CT molecular complexity index is 385. The van der Waals surface area contributed by atoms with E-state index >= 15 is 0 Å². The topological polar surface area (TPSA) is 18.5 Å². The van der Waals surface area contributed by atoms with Gasteiger partial charge in [-0.25, -0.2) is 0 Å². The van der Waals surface area contributed by atoms with Crippen molar-refractivity contribution in [3.63, 3.8) is 0 Å². The Morgan fingerprint density at radius 2 is 2.19 bits per heavy atom. The number of methoxy groups -OCH3 is 1. The predicted octanol–water partition coefficient (Wildman–Crippen LogP) is 3.35. The van der Waals surface area contributed by atoms with E-state index in [1.807, 2.05) is 25.1 Å². The van der Waals surface area contributed by atoms with Gasteiger partial charge in [-0.1, -0.05) is 22.8 Å². The second-order valence-corrected chi connectivity index (χ2v) is 4.66. The molecule has 4 heteroatoms. The minimum absolute atomic E-state index is 0.173. The van der Waals surface area contributed by atoms with Crippen molar-refractivity contribution in [1.29, 1.82) is 0 Å². The monoisotopic (exact) mass is 254 g/mol. The molecule has 0 saturated carbocycles. The summed E-state index contributed by atoms with van der Waals surface area (Å²) in [4.78, 5) is 0. The summed E-state index contributed by atoms with van der Waals surface area (Å²) in [6.45, 7) is 2.29. The van der Waals surface area contributed by atoms with E-state index in [2.05, 4.69) is 17.6 Å². The third kappa shape index (κ3) is 3.03. The van der Waals surface area contributed by atoms with Crippen LogP contribution in [0.25, 0.3) is 0 Å². The maximum Gasteiger partial charge on any atom is 0.148 e. The first-order valence-corrected chi connectivity index (χ1v) is 6.71. The van der Waals surface area contributed by atoms with E-state index in [0.29, 0.717) is 0 Å². The fourth-order valence-corrected chi connectivity index (χ4v) is 2.05. The van der Waals surface area contributed by atoms with Gasteiger partial charge in [0.05, 0.1) is 7.11 Å². The van der Waals surface area contributed by atoms with E-state index in [4.69, 9.17) is 15.9 Å². The standard InChI is InChI=1S/C12H14O2S2/c1-4-8-14-11-7-5-6-10(13-3)12(11)9(2)16-15/h1,5-7,9,15H,8H2,2-3H3. The second kappa shape index (κ2) is 6.62. The number of hydrogen-bond donors (Lipinski definition) is 1. The van der Waals surface area contributed by atoms with Gasteiger partial charge in [-0.05, 0) is 19.1 Å². The van der Waals surface area contributed by atoms with E-state index < -0.39 is 0 Å². The highest BCUT2D eigenvalue weighted by molar-refractivity contribution is 8.68. The van der Waals surface area contributed by atoms with E-state index in [0.717, 1.165) is 17.1 Å². The SMILES string of the molecule is C#CCOc1cccc(OC)c1C(C)SS. The van der Waals surface area contributed by atoms with Crippen LogP contribution in [0.1, 0.15) is 17.7 Å². The van der Waals surface area contributed by atoms with Crippen LogP contribution in [0.3, 0.4) is 0 Å². The molecule has 16 heavy (non-hydrogen) atoms. The molecule has 0 heterocycles. The van der Waals surface area contributed by atoms with Crippen molar-refractivity contribution in [2.75, 3.05) is 13.7 Å². The van der Waals surface area contributed by atoms with Crippen LogP contribution >= 0.6 is 22.5 Å². The van der Waals surface area contributed by atoms with E-state index in [-0.39, 0.29) is 11.9 Å². The highest BCUT2D eigenvalue weighted by atomic mass is 33.1. The number of benzene rings is 1. The molecule has 0 N–H and O–H groups in total. The van der Waals surface area contributed by atoms with Crippen LogP contribution in [0.4, 0.5) is 0 Å². The van der Waals surface area contributed by atoms with Gasteiger partial charge in [0.25, 0.3) is 0 Å². The quantitative estimate of drug-likeness (QED) is 0.494. The summed E-state index contributed by atoms with van der Waals surface area (Å²) >= 11 is 4.22. The number of ether oxygens (including phenoxy) is 2. The third-order valence-electron chi connectivity index (χ3n) is 2.12. The lowest BCUT2D eigenvalue weighted by Gasteiger charge is -2.17. The molecule has 2 nitrogen and oxygen atoms in total. The lowest BCUT2D eigenvalue weighted by atomic mass is 10.1. The van der Waals surface area contributed by atoms with Crippen molar-refractivity contribution in [2.45, 2.75) is 12.2 Å². The molecule has 0 radical (unpaired) electrons. The number of terminal acetylenes is 1. The Hall–Kier alpha value is -0.920. The van der Waals surface area contributed by atoms with E-state index in [9.17, 15) is 0 Å². The fraction of sp³-hybridized carbons (Fsp3) is 0.333. The summed E-state index contributed by atoms with van der Waals surface area (Å²) in [5, 5.41) is 0.173. The van der Waals surface area contributed by atoms with Crippen LogP contribution in [-0.4, -0.2) is 13.7 Å². The highest BCUT2D eigenvalue weighted by Gasteiger charge is 2.16. The summed E-state index contributed by atoms with van der Waals surface area (Å²) in [5.41, 5.74) is 0.986. The molecule has 1 unspecified atom stereocenters. The second-order valence-electron chi connectivity index (χ2n) is 3.11. The summed E-state index contributed by atoms with van der Waals surface area (Å²) < 4.78 is 10.8. The Morgan fingerprint density at radius 1 is 1.50 bits per heavy atom. The molecule has 0 bridgehead atoms. The smallest absolute Gasteiger partial charge is 0.148 e. The van der Waals surface area contributed by atoms with Gasteiger partial charge in [0.1, 0.15) is 18.1 Å². The number of thiol groups is 1. The Morgan fingerprint density at radius 3 is 2.75 bits per heavy atom. The first-order valence-electron chi connectivity index (χ1n) is 4.78. The van der Waals surface area contributed by atoms with Gasteiger partial charge >= 0.3 is 0 Å². The van der Waals surface area contributed by atoms with Crippen LogP contribution in [0.5, 0.6) is 11.5 Å². The maximum atomic E-state index is 5.49. The lowest BCUT2D eigenvalue weighted by molar-refractivity contribution is 0.357. The number of rotatable bonds is 5. The molecule has 0 aliphatic carbocycles. The minimum atomic E-state index is 0.173. The molecule has 0 amide bonds. The van der Waals surface area contributed by atoms with Crippen LogP contribution in [0, 0.1) is 12.3 Å². The molecule has 1 aromatic rings. The summed E-state index contributed by atoms with van der Waals surface area (Å²) in [6, 6.07) is 5.67. The van der Waals surface area contributed by atoms with Crippen LogP contribution in [-0.2, 0) is 0 Å². The molecule has 1 rings (SSSR count). The van der Waals surface area contributed by atoms with Gasteiger partial charge in [0, 0.05) is 10.8 Å². The molecule has 0 spiro atoms. The average Bonchev–Trinajstić information content (AvgIpc) is 2.34. The molecule has 0 aliphatic heterocycles. The molecule has 0 saturated heterocycles. The largest absolute Gasteiger partial charge is 0.496 e. The van der Waals surface area contributed by atoms with Crippen molar-refractivity contribution in [1.82, 2.24) is 0 Å². The Labute approximate surface area is 106 Å². The molecular formula is C12H14O2S2. The third-order valence-corrected chi connectivity index (χ3v) is 3.62. The van der Waals surface area contributed by atoms with E-state index in [1.54, 1.807) is 7.11 Å². The zero-order valence-electron chi connectivity index (χ0n) is 9.27. The van der Waals surface area contributed by atoms with Gasteiger partial charge < -0.3 is 9.47 Å². The highest BCUT2D eigenvalue weighted by Crippen LogP contribution is 2.41.